The zero-order chi connectivity index (χ0) is 18.1. The lowest BCUT2D eigenvalue weighted by atomic mass is 10.2. The van der Waals surface area contributed by atoms with E-state index in [1.165, 1.54) is 23.5 Å². The summed E-state index contributed by atoms with van der Waals surface area (Å²) in [6.07, 6.45) is -0.145. The van der Waals surface area contributed by atoms with E-state index in [4.69, 9.17) is 4.74 Å². The van der Waals surface area contributed by atoms with E-state index in [1.54, 1.807) is 23.9 Å². The standard InChI is InChI=1S/C19H17FN2O2S2/c1-2-25-15-5-3-4-12(8-15)18(23)24-14-10-22(11-14)19-21-16-7-6-13(20)9-17(16)26-19/h3-9,14H,2,10-11H2,1H3. The van der Waals surface area contributed by atoms with Crippen molar-refractivity contribution in [2.45, 2.75) is 17.9 Å². The largest absolute Gasteiger partial charge is 0.455 e. The molecule has 0 N–H and O–H groups in total. The molecular weight excluding hydrogens is 371 g/mol. The number of nitrogens with zero attached hydrogens (tertiary/aromatic N) is 2. The predicted molar refractivity (Wildman–Crippen MR) is 104 cm³/mol. The topological polar surface area (TPSA) is 42.4 Å². The first-order chi connectivity index (χ1) is 12.6. The van der Waals surface area contributed by atoms with Crippen molar-refractivity contribution in [3.05, 3.63) is 53.8 Å². The molecule has 7 heteroatoms. The van der Waals surface area contributed by atoms with Crippen molar-refractivity contribution in [2.75, 3.05) is 23.7 Å². The Morgan fingerprint density at radius 2 is 2.19 bits per heavy atom. The summed E-state index contributed by atoms with van der Waals surface area (Å²) >= 11 is 3.15. The first kappa shape index (κ1) is 17.3. The van der Waals surface area contributed by atoms with Crippen LogP contribution in [0.15, 0.2) is 47.4 Å². The normalized spacial score (nSPS) is 14.5. The second kappa shape index (κ2) is 7.25. The fourth-order valence-corrected chi connectivity index (χ4v) is 4.52. The maximum atomic E-state index is 13.3. The van der Waals surface area contributed by atoms with Crippen LogP contribution in [0.25, 0.3) is 10.2 Å². The van der Waals surface area contributed by atoms with E-state index < -0.39 is 0 Å². The van der Waals surface area contributed by atoms with Crippen molar-refractivity contribution in [1.82, 2.24) is 4.98 Å². The minimum atomic E-state index is -0.292. The molecule has 4 nitrogen and oxygen atoms in total. The minimum absolute atomic E-state index is 0.145. The number of anilines is 1. The van der Waals surface area contributed by atoms with Crippen molar-refractivity contribution in [2.24, 2.45) is 0 Å². The number of hydrogen-bond acceptors (Lipinski definition) is 6. The van der Waals surface area contributed by atoms with Crippen LogP contribution >= 0.6 is 23.1 Å². The zero-order valence-corrected chi connectivity index (χ0v) is 15.8. The second-order valence-electron chi connectivity index (χ2n) is 6.00. The number of benzene rings is 2. The number of fused-ring (bicyclic) bond motifs is 1. The van der Waals surface area contributed by atoms with Gasteiger partial charge in [-0.25, -0.2) is 14.2 Å². The summed E-state index contributed by atoms with van der Waals surface area (Å²) in [5.41, 5.74) is 1.37. The monoisotopic (exact) mass is 388 g/mol. The van der Waals surface area contributed by atoms with Crippen LogP contribution < -0.4 is 4.90 Å². The van der Waals surface area contributed by atoms with Crippen LogP contribution in [0, 0.1) is 5.82 Å². The average molecular weight is 388 g/mol. The van der Waals surface area contributed by atoms with E-state index >= 15 is 0 Å². The molecule has 1 aliphatic heterocycles. The Balaban J connectivity index is 1.37. The molecule has 0 unspecified atom stereocenters. The van der Waals surface area contributed by atoms with Gasteiger partial charge in [0.25, 0.3) is 0 Å². The molecule has 4 rings (SSSR count). The lowest BCUT2D eigenvalue weighted by Crippen LogP contribution is -2.53. The number of ether oxygens (including phenoxy) is 1. The highest BCUT2D eigenvalue weighted by Gasteiger charge is 2.32. The van der Waals surface area contributed by atoms with Crippen LogP contribution in [0.4, 0.5) is 9.52 Å². The van der Waals surface area contributed by atoms with Crippen molar-refractivity contribution in [1.29, 1.82) is 0 Å². The van der Waals surface area contributed by atoms with Crippen LogP contribution in [0.1, 0.15) is 17.3 Å². The fraction of sp³-hybridized carbons (Fsp3) is 0.263. The van der Waals surface area contributed by atoms with Gasteiger partial charge >= 0.3 is 5.97 Å². The lowest BCUT2D eigenvalue weighted by Gasteiger charge is -2.38. The number of halogens is 1. The van der Waals surface area contributed by atoms with E-state index in [1.807, 2.05) is 23.1 Å². The number of rotatable bonds is 5. The van der Waals surface area contributed by atoms with E-state index in [-0.39, 0.29) is 17.9 Å². The Kier molecular flexibility index (Phi) is 4.82. The number of esters is 1. The number of carbonyl (C=O) groups excluding carboxylic acids is 1. The first-order valence-corrected chi connectivity index (χ1v) is 10.2. The van der Waals surface area contributed by atoms with Crippen LogP contribution in [0.3, 0.4) is 0 Å². The summed E-state index contributed by atoms with van der Waals surface area (Å²) in [6.45, 7) is 3.30. The summed E-state index contributed by atoms with van der Waals surface area (Å²) < 4.78 is 19.7. The third-order valence-corrected chi connectivity index (χ3v) is 6.07. The molecule has 0 spiro atoms. The fourth-order valence-electron chi connectivity index (χ4n) is 2.79. The zero-order valence-electron chi connectivity index (χ0n) is 14.1. The molecule has 0 atom stereocenters. The van der Waals surface area contributed by atoms with Crippen LogP contribution in [0.2, 0.25) is 0 Å². The Labute approximate surface area is 159 Å². The molecule has 1 aromatic heterocycles. The van der Waals surface area contributed by atoms with Crippen molar-refractivity contribution < 1.29 is 13.9 Å². The van der Waals surface area contributed by atoms with Crippen molar-refractivity contribution in [3.8, 4) is 0 Å². The molecule has 26 heavy (non-hydrogen) atoms. The van der Waals surface area contributed by atoms with Gasteiger partial charge in [0.05, 0.1) is 28.9 Å². The van der Waals surface area contributed by atoms with Gasteiger partial charge in [0, 0.05) is 4.90 Å². The summed E-state index contributed by atoms with van der Waals surface area (Å²) in [5, 5.41) is 0.833. The minimum Gasteiger partial charge on any atom is -0.455 e. The van der Waals surface area contributed by atoms with E-state index in [0.717, 1.165) is 26.0 Å². The van der Waals surface area contributed by atoms with Crippen molar-refractivity contribution >= 4 is 44.4 Å². The number of thiazole rings is 1. The molecule has 134 valence electrons. The van der Waals surface area contributed by atoms with Crippen molar-refractivity contribution in [3.63, 3.8) is 0 Å². The van der Waals surface area contributed by atoms with Gasteiger partial charge in [-0.15, -0.1) is 11.8 Å². The predicted octanol–water partition coefficient (Wildman–Crippen LogP) is 4.59. The molecule has 2 heterocycles. The van der Waals surface area contributed by atoms with Gasteiger partial charge in [-0.1, -0.05) is 24.3 Å². The second-order valence-corrected chi connectivity index (χ2v) is 8.35. The van der Waals surface area contributed by atoms with Gasteiger partial charge < -0.3 is 9.64 Å². The average Bonchev–Trinajstić information content (AvgIpc) is 3.00. The highest BCUT2D eigenvalue weighted by atomic mass is 32.2. The van der Waals surface area contributed by atoms with Gasteiger partial charge in [0.1, 0.15) is 11.9 Å². The van der Waals surface area contributed by atoms with E-state index in [0.29, 0.717) is 18.7 Å². The smallest absolute Gasteiger partial charge is 0.338 e. The SMILES string of the molecule is CCSc1cccc(C(=O)OC2CN(c3nc4ccc(F)cc4s3)C2)c1. The lowest BCUT2D eigenvalue weighted by molar-refractivity contribution is 0.0234. The number of carbonyl (C=O) groups is 1. The van der Waals surface area contributed by atoms with Crippen LogP contribution in [-0.4, -0.2) is 35.9 Å². The summed E-state index contributed by atoms with van der Waals surface area (Å²) in [7, 11) is 0. The Hall–Kier alpha value is -2.12. The molecule has 1 fully saturated rings. The van der Waals surface area contributed by atoms with Gasteiger partial charge in [-0.2, -0.15) is 0 Å². The number of hydrogen-bond donors (Lipinski definition) is 0. The number of thioether (sulfide) groups is 1. The maximum Gasteiger partial charge on any atom is 0.338 e. The quantitative estimate of drug-likeness (QED) is 0.472. The Morgan fingerprint density at radius 1 is 1.35 bits per heavy atom. The highest BCUT2D eigenvalue weighted by molar-refractivity contribution is 7.99. The molecular formula is C19H17FN2O2S2. The Morgan fingerprint density at radius 3 is 3.00 bits per heavy atom. The third kappa shape index (κ3) is 3.54. The van der Waals surface area contributed by atoms with Crippen LogP contribution in [-0.2, 0) is 4.74 Å². The molecule has 0 amide bonds. The van der Waals surface area contributed by atoms with Gasteiger partial charge in [-0.3, -0.25) is 0 Å². The van der Waals surface area contributed by atoms with Gasteiger partial charge in [-0.05, 0) is 42.2 Å². The molecule has 1 saturated heterocycles. The van der Waals surface area contributed by atoms with Crippen LogP contribution in [0.5, 0.6) is 0 Å². The van der Waals surface area contributed by atoms with E-state index in [9.17, 15) is 9.18 Å². The molecule has 0 bridgehead atoms. The molecule has 3 aromatic rings. The highest BCUT2D eigenvalue weighted by Crippen LogP contribution is 2.32. The number of aromatic nitrogens is 1. The Bertz CT molecular complexity index is 954. The van der Waals surface area contributed by atoms with E-state index in [2.05, 4.69) is 11.9 Å². The summed E-state index contributed by atoms with van der Waals surface area (Å²) in [6, 6.07) is 12.1. The molecule has 2 aromatic carbocycles. The first-order valence-electron chi connectivity index (χ1n) is 8.37. The summed E-state index contributed by atoms with van der Waals surface area (Å²) in [4.78, 5) is 19.9. The van der Waals surface area contributed by atoms with Gasteiger partial charge in [0.15, 0.2) is 5.13 Å². The maximum absolute atomic E-state index is 13.3. The molecule has 0 radical (unpaired) electrons. The summed E-state index contributed by atoms with van der Waals surface area (Å²) in [5.74, 6) is 0.411. The third-order valence-electron chi connectivity index (χ3n) is 4.11. The molecule has 0 saturated carbocycles. The van der Waals surface area contributed by atoms with Gasteiger partial charge in [0.2, 0.25) is 0 Å². The molecule has 1 aliphatic rings. The molecule has 0 aliphatic carbocycles.